The fourth-order valence-electron chi connectivity index (χ4n) is 3.79. The number of rotatable bonds is 15. The van der Waals surface area contributed by atoms with E-state index < -0.39 is 11.7 Å². The maximum absolute atomic E-state index is 13.4. The van der Waals surface area contributed by atoms with Gasteiger partial charge in [-0.15, -0.1) is 0 Å². The first-order valence-corrected chi connectivity index (χ1v) is 13.9. The maximum Gasteiger partial charge on any atom is 0.273 e. The second-order valence-corrected chi connectivity index (χ2v) is 9.68. The van der Waals surface area contributed by atoms with Crippen LogP contribution in [-0.2, 0) is 16.0 Å². The van der Waals surface area contributed by atoms with Crippen LogP contribution in [0, 0.1) is 5.82 Å². The quantitative estimate of drug-likeness (QED) is 0.135. The lowest BCUT2D eigenvalue weighted by Crippen LogP contribution is -2.30. The molecule has 0 saturated carbocycles. The number of hydrazone groups is 1. The zero-order valence-corrected chi connectivity index (χ0v) is 24.2. The topological polar surface area (TPSA) is 92.3 Å². The minimum Gasteiger partial charge on any atom is -0.380 e. The molecule has 10 heteroatoms. The standard InChI is InChI=1S/C30H34BrFN4O4/c1-3-39-16-14-36(15-17-40-4-2)21-22-8-10-24(11-9-22)29(37)34-28-13-12-25(31)19-27(28)30(38)35-33-20-23-6-5-7-26(32)18-23/h5-13,18-20H,3-4,14-17,21H2,1-2H3,(H,34,37)(H,35,38)/b33-20+. The Labute approximate surface area is 242 Å². The first-order valence-electron chi connectivity index (χ1n) is 13.1. The number of ether oxygens (including phenoxy) is 2. The largest absolute Gasteiger partial charge is 0.380 e. The molecule has 0 aliphatic heterocycles. The molecule has 0 spiro atoms. The van der Waals surface area contributed by atoms with E-state index >= 15 is 0 Å². The van der Waals surface area contributed by atoms with Crippen molar-refractivity contribution in [3.8, 4) is 0 Å². The summed E-state index contributed by atoms with van der Waals surface area (Å²) in [6.07, 6.45) is 1.34. The summed E-state index contributed by atoms with van der Waals surface area (Å²) in [5.41, 5.74) is 4.98. The molecule has 0 unspecified atom stereocenters. The Morgan fingerprint density at radius 3 is 2.30 bits per heavy atom. The lowest BCUT2D eigenvalue weighted by atomic mass is 10.1. The molecule has 3 aromatic rings. The Morgan fingerprint density at radius 1 is 0.950 bits per heavy atom. The van der Waals surface area contributed by atoms with Crippen LogP contribution in [0.1, 0.15) is 45.7 Å². The smallest absolute Gasteiger partial charge is 0.273 e. The highest BCUT2D eigenvalue weighted by molar-refractivity contribution is 9.10. The predicted octanol–water partition coefficient (Wildman–Crippen LogP) is 5.48. The molecular formula is C30H34BrFN4O4. The van der Waals surface area contributed by atoms with E-state index in [1.807, 2.05) is 26.0 Å². The lowest BCUT2D eigenvalue weighted by molar-refractivity contribution is 0.0798. The first kappa shape index (κ1) is 31.1. The van der Waals surface area contributed by atoms with Gasteiger partial charge in [0.1, 0.15) is 5.82 Å². The summed E-state index contributed by atoms with van der Waals surface area (Å²) in [5.74, 6) is -1.28. The van der Waals surface area contributed by atoms with Gasteiger partial charge in [0.15, 0.2) is 0 Å². The number of nitrogens with one attached hydrogen (secondary N) is 2. The molecule has 2 N–H and O–H groups in total. The Morgan fingerprint density at radius 2 is 1.65 bits per heavy atom. The van der Waals surface area contributed by atoms with Crippen molar-refractivity contribution in [2.75, 3.05) is 44.8 Å². The van der Waals surface area contributed by atoms with Crippen LogP contribution >= 0.6 is 15.9 Å². The van der Waals surface area contributed by atoms with Gasteiger partial charge in [-0.25, -0.2) is 9.82 Å². The highest BCUT2D eigenvalue weighted by Gasteiger charge is 2.15. The minimum absolute atomic E-state index is 0.218. The van der Waals surface area contributed by atoms with Crippen LogP contribution in [0.2, 0.25) is 0 Å². The van der Waals surface area contributed by atoms with Crippen molar-refractivity contribution in [1.29, 1.82) is 0 Å². The number of carbonyl (C=O) groups excluding carboxylic acids is 2. The molecule has 0 bridgehead atoms. The molecular weight excluding hydrogens is 579 g/mol. The van der Waals surface area contributed by atoms with E-state index in [1.54, 1.807) is 42.5 Å². The van der Waals surface area contributed by atoms with Crippen LogP contribution in [0.3, 0.4) is 0 Å². The molecule has 0 saturated heterocycles. The summed E-state index contributed by atoms with van der Waals surface area (Å²) in [5, 5.41) is 6.72. The third kappa shape index (κ3) is 10.3. The number of anilines is 1. The third-order valence-corrected chi connectivity index (χ3v) is 6.33. The minimum atomic E-state index is -0.529. The van der Waals surface area contributed by atoms with Gasteiger partial charge in [0.05, 0.1) is 30.7 Å². The molecule has 0 aromatic heterocycles. The van der Waals surface area contributed by atoms with Crippen LogP contribution in [0.25, 0.3) is 0 Å². The SMILES string of the molecule is CCOCCN(CCOCC)Cc1ccc(C(=O)Nc2ccc(Br)cc2C(=O)N/N=C/c2cccc(F)c2)cc1. The van der Waals surface area contributed by atoms with E-state index in [4.69, 9.17) is 9.47 Å². The summed E-state index contributed by atoms with van der Waals surface area (Å²) in [7, 11) is 0. The number of nitrogens with zero attached hydrogens (tertiary/aromatic N) is 2. The van der Waals surface area contributed by atoms with Gasteiger partial charge in [0.2, 0.25) is 0 Å². The average molecular weight is 614 g/mol. The van der Waals surface area contributed by atoms with Gasteiger partial charge in [-0.1, -0.05) is 40.2 Å². The Balaban J connectivity index is 1.64. The molecule has 3 aromatic carbocycles. The van der Waals surface area contributed by atoms with Crippen LogP contribution in [0.4, 0.5) is 10.1 Å². The summed E-state index contributed by atoms with van der Waals surface area (Å²) in [6, 6.07) is 18.1. The van der Waals surface area contributed by atoms with E-state index in [-0.39, 0.29) is 11.5 Å². The molecule has 40 heavy (non-hydrogen) atoms. The second-order valence-electron chi connectivity index (χ2n) is 8.77. The lowest BCUT2D eigenvalue weighted by Gasteiger charge is -2.22. The number of hydrogen-bond donors (Lipinski definition) is 2. The zero-order valence-electron chi connectivity index (χ0n) is 22.7. The maximum atomic E-state index is 13.4. The summed E-state index contributed by atoms with van der Waals surface area (Å²) in [6.45, 7) is 8.84. The number of carbonyl (C=O) groups is 2. The van der Waals surface area contributed by atoms with Crippen LogP contribution in [0.5, 0.6) is 0 Å². The summed E-state index contributed by atoms with van der Waals surface area (Å²) >= 11 is 3.36. The molecule has 8 nitrogen and oxygen atoms in total. The summed E-state index contributed by atoms with van der Waals surface area (Å²) < 4.78 is 25.0. The van der Waals surface area contributed by atoms with Crippen molar-refractivity contribution in [2.24, 2.45) is 5.10 Å². The van der Waals surface area contributed by atoms with Crippen LogP contribution in [0.15, 0.2) is 76.3 Å². The predicted molar refractivity (Wildman–Crippen MR) is 158 cm³/mol. The number of benzene rings is 3. The van der Waals surface area contributed by atoms with E-state index in [1.165, 1.54) is 18.3 Å². The molecule has 212 valence electrons. The van der Waals surface area contributed by atoms with Gasteiger partial charge >= 0.3 is 0 Å². The van der Waals surface area contributed by atoms with Crippen molar-refractivity contribution in [3.05, 3.63) is 99.3 Å². The van der Waals surface area contributed by atoms with Gasteiger partial charge < -0.3 is 14.8 Å². The van der Waals surface area contributed by atoms with Crippen LogP contribution < -0.4 is 10.7 Å². The molecule has 2 amide bonds. The Bertz CT molecular complexity index is 1280. The van der Waals surface area contributed by atoms with Crippen molar-refractivity contribution >= 4 is 39.6 Å². The van der Waals surface area contributed by atoms with Gasteiger partial charge in [0.25, 0.3) is 11.8 Å². The molecule has 0 fully saturated rings. The van der Waals surface area contributed by atoms with E-state index in [2.05, 4.69) is 36.7 Å². The van der Waals surface area contributed by atoms with Gasteiger partial charge in [-0.05, 0) is 67.4 Å². The summed E-state index contributed by atoms with van der Waals surface area (Å²) in [4.78, 5) is 28.1. The van der Waals surface area contributed by atoms with Gasteiger partial charge in [-0.3, -0.25) is 14.5 Å². The highest BCUT2D eigenvalue weighted by Crippen LogP contribution is 2.22. The first-order chi connectivity index (χ1) is 19.4. The monoisotopic (exact) mass is 612 g/mol. The van der Waals surface area contributed by atoms with Crippen molar-refractivity contribution in [1.82, 2.24) is 10.3 Å². The molecule has 0 aliphatic rings. The van der Waals surface area contributed by atoms with Crippen molar-refractivity contribution < 1.29 is 23.5 Å². The Hall–Kier alpha value is -3.44. The number of amides is 2. The third-order valence-electron chi connectivity index (χ3n) is 5.84. The number of hydrogen-bond acceptors (Lipinski definition) is 6. The molecule has 0 radical (unpaired) electrons. The molecule has 0 heterocycles. The van der Waals surface area contributed by atoms with Crippen LogP contribution in [-0.4, -0.2) is 62.4 Å². The average Bonchev–Trinajstić information content (AvgIpc) is 2.94. The van der Waals surface area contributed by atoms with Crippen molar-refractivity contribution in [3.63, 3.8) is 0 Å². The zero-order chi connectivity index (χ0) is 28.7. The van der Waals surface area contributed by atoms with E-state index in [9.17, 15) is 14.0 Å². The fraction of sp³-hybridized carbons (Fsp3) is 0.300. The van der Waals surface area contributed by atoms with Crippen molar-refractivity contribution in [2.45, 2.75) is 20.4 Å². The van der Waals surface area contributed by atoms with Gasteiger partial charge in [-0.2, -0.15) is 5.10 Å². The molecule has 0 atom stereocenters. The second kappa shape index (κ2) is 16.6. The molecule has 3 rings (SSSR count). The van der Waals surface area contributed by atoms with E-state index in [0.717, 1.165) is 18.7 Å². The normalized spacial score (nSPS) is 11.2. The number of halogens is 2. The van der Waals surface area contributed by atoms with Gasteiger partial charge in [0, 0.05) is 42.9 Å². The fourth-order valence-corrected chi connectivity index (χ4v) is 4.15. The highest BCUT2D eigenvalue weighted by atomic mass is 79.9. The molecule has 0 aliphatic carbocycles. The van der Waals surface area contributed by atoms with E-state index in [0.29, 0.717) is 54.3 Å². The Kier molecular flexibility index (Phi) is 12.9.